The number of imide groups is 1. The molecule has 11 nitrogen and oxygen atoms in total. The van der Waals surface area contributed by atoms with Gasteiger partial charge in [-0.2, -0.15) is 0 Å². The van der Waals surface area contributed by atoms with Crippen LogP contribution in [-0.2, 0) is 16.1 Å². The lowest BCUT2D eigenvalue weighted by Crippen LogP contribution is -2.49. The number of aromatic amines is 1. The summed E-state index contributed by atoms with van der Waals surface area (Å²) in [4.78, 5) is 69.7. The lowest BCUT2D eigenvalue weighted by molar-refractivity contribution is -0.136. The Hall–Kier alpha value is -3.89. The Morgan fingerprint density at radius 3 is 2.38 bits per heavy atom. The predicted molar refractivity (Wildman–Crippen MR) is 125 cm³/mol. The Bertz CT molecular complexity index is 1240. The third kappa shape index (κ3) is 3.76. The fourth-order valence-corrected chi connectivity index (χ4v) is 4.86. The molecular weight excluding hydrogens is 440 g/mol. The highest BCUT2D eigenvalue weighted by Gasteiger charge is 2.56. The molecule has 1 aliphatic heterocycles. The number of nitrogen functional groups attached to an aromatic ring is 1. The molecule has 11 heteroatoms. The van der Waals surface area contributed by atoms with Crippen LogP contribution < -0.4 is 21.9 Å². The number of urea groups is 1. The van der Waals surface area contributed by atoms with Gasteiger partial charge >= 0.3 is 11.7 Å². The zero-order valence-electron chi connectivity index (χ0n) is 19.2. The molecule has 0 unspecified atom stereocenters. The molecule has 1 aliphatic carbocycles. The van der Waals surface area contributed by atoms with Crippen molar-refractivity contribution in [1.82, 2.24) is 19.4 Å². The molecule has 3 N–H and O–H groups in total. The number of H-pyrrole nitrogens is 1. The van der Waals surface area contributed by atoms with E-state index in [2.05, 4.69) is 4.98 Å². The van der Waals surface area contributed by atoms with Gasteiger partial charge in [-0.25, -0.2) is 9.59 Å². The molecule has 2 heterocycles. The Kier molecular flexibility index (Phi) is 6.03. The number of hydrogen-bond donors (Lipinski definition) is 2. The number of nitrogens with two attached hydrogens (primary N) is 1. The van der Waals surface area contributed by atoms with Crippen LogP contribution in [0.4, 0.5) is 16.3 Å². The van der Waals surface area contributed by atoms with Gasteiger partial charge in [0.05, 0.1) is 6.54 Å². The highest BCUT2D eigenvalue weighted by atomic mass is 16.2. The average Bonchev–Trinajstić information content (AvgIpc) is 2.99. The number of nitrogens with zero attached hydrogens (tertiary/aromatic N) is 4. The van der Waals surface area contributed by atoms with Gasteiger partial charge in [-0.3, -0.25) is 28.8 Å². The third-order valence-electron chi connectivity index (χ3n) is 6.88. The summed E-state index contributed by atoms with van der Waals surface area (Å²) in [6.45, 7) is -0.440. The number of amides is 4. The van der Waals surface area contributed by atoms with Crippen molar-refractivity contribution in [3.8, 4) is 0 Å². The highest BCUT2D eigenvalue weighted by molar-refractivity contribution is 6.10. The van der Waals surface area contributed by atoms with Crippen molar-refractivity contribution in [2.75, 3.05) is 31.3 Å². The highest BCUT2D eigenvalue weighted by Crippen LogP contribution is 2.39. The quantitative estimate of drug-likeness (QED) is 0.620. The number of nitrogens with one attached hydrogen (secondary N) is 1. The van der Waals surface area contributed by atoms with Crippen LogP contribution in [0.15, 0.2) is 39.9 Å². The van der Waals surface area contributed by atoms with E-state index >= 15 is 0 Å². The summed E-state index contributed by atoms with van der Waals surface area (Å²) in [5.41, 5.74) is 4.27. The first-order valence-corrected chi connectivity index (χ1v) is 11.2. The van der Waals surface area contributed by atoms with Crippen molar-refractivity contribution in [2.24, 2.45) is 0 Å². The zero-order chi connectivity index (χ0) is 24.6. The molecule has 1 saturated heterocycles. The molecule has 0 radical (unpaired) electrons. The number of aromatic nitrogens is 2. The number of anilines is 2. The van der Waals surface area contributed by atoms with Gasteiger partial charge in [0.2, 0.25) is 5.91 Å². The molecule has 0 bridgehead atoms. The molecule has 1 saturated carbocycles. The number of carbonyl (C=O) groups excluding carboxylic acids is 3. The first-order valence-electron chi connectivity index (χ1n) is 11.2. The summed E-state index contributed by atoms with van der Waals surface area (Å²) in [7, 11) is 2.91. The predicted octanol–water partition coefficient (Wildman–Crippen LogP) is 0.727. The summed E-state index contributed by atoms with van der Waals surface area (Å²) < 4.78 is 1.16. The largest absolute Gasteiger partial charge is 0.383 e. The van der Waals surface area contributed by atoms with E-state index in [-0.39, 0.29) is 18.1 Å². The van der Waals surface area contributed by atoms with Crippen LogP contribution in [0.3, 0.4) is 0 Å². The molecule has 1 aromatic carbocycles. The van der Waals surface area contributed by atoms with E-state index in [4.69, 9.17) is 5.73 Å². The van der Waals surface area contributed by atoms with Gasteiger partial charge in [0.1, 0.15) is 17.9 Å². The van der Waals surface area contributed by atoms with Gasteiger partial charge in [0.15, 0.2) is 5.69 Å². The molecule has 1 spiro atoms. The lowest BCUT2D eigenvalue weighted by atomic mass is 9.81. The first-order chi connectivity index (χ1) is 16.2. The topological polar surface area (TPSA) is 142 Å². The SMILES string of the molecule is CN(C(=O)CN1C(=O)N(C)C2(CCCCC2)C1=O)c1c(N)n(Cc2ccccc2)c(=O)[nH]c1=O. The molecule has 4 amide bonds. The van der Waals surface area contributed by atoms with Gasteiger partial charge < -0.3 is 15.5 Å². The second-order valence-corrected chi connectivity index (χ2v) is 8.84. The third-order valence-corrected chi connectivity index (χ3v) is 6.88. The maximum atomic E-state index is 13.2. The van der Waals surface area contributed by atoms with Crippen molar-refractivity contribution < 1.29 is 14.4 Å². The Morgan fingerprint density at radius 1 is 1.09 bits per heavy atom. The maximum absolute atomic E-state index is 13.2. The summed E-state index contributed by atoms with van der Waals surface area (Å²) in [6, 6.07) is 8.50. The van der Waals surface area contributed by atoms with Crippen LogP contribution in [-0.4, -0.2) is 63.4 Å². The smallest absolute Gasteiger partial charge is 0.330 e. The number of benzene rings is 1. The van der Waals surface area contributed by atoms with E-state index in [1.54, 1.807) is 31.3 Å². The molecule has 2 aliphatic rings. The van der Waals surface area contributed by atoms with Gasteiger partial charge in [-0.15, -0.1) is 0 Å². The Labute approximate surface area is 195 Å². The van der Waals surface area contributed by atoms with Gasteiger partial charge in [0.25, 0.3) is 11.5 Å². The number of hydrogen-bond acceptors (Lipinski definition) is 6. The fourth-order valence-electron chi connectivity index (χ4n) is 4.86. The van der Waals surface area contributed by atoms with Crippen molar-refractivity contribution in [3.05, 3.63) is 56.7 Å². The van der Waals surface area contributed by atoms with Crippen LogP contribution in [0.2, 0.25) is 0 Å². The van der Waals surface area contributed by atoms with Gasteiger partial charge in [0, 0.05) is 14.1 Å². The van der Waals surface area contributed by atoms with Crippen molar-refractivity contribution in [1.29, 1.82) is 0 Å². The van der Waals surface area contributed by atoms with Gasteiger partial charge in [-0.1, -0.05) is 49.6 Å². The fraction of sp³-hybridized carbons (Fsp3) is 0.435. The first kappa shape index (κ1) is 23.3. The van der Waals surface area contributed by atoms with E-state index in [1.807, 2.05) is 6.07 Å². The minimum Gasteiger partial charge on any atom is -0.383 e. The second-order valence-electron chi connectivity index (χ2n) is 8.84. The second kappa shape index (κ2) is 8.81. The zero-order valence-corrected chi connectivity index (χ0v) is 19.2. The van der Waals surface area contributed by atoms with Crippen molar-refractivity contribution in [3.63, 3.8) is 0 Å². The molecule has 34 heavy (non-hydrogen) atoms. The normalized spacial score (nSPS) is 17.5. The van der Waals surface area contributed by atoms with Crippen LogP contribution in [0.5, 0.6) is 0 Å². The number of likely N-dealkylation sites (N-methyl/N-ethyl adjacent to an activating group) is 2. The Balaban J connectivity index is 1.60. The molecule has 2 aromatic rings. The lowest BCUT2D eigenvalue weighted by Gasteiger charge is -2.35. The summed E-state index contributed by atoms with van der Waals surface area (Å²) in [5, 5.41) is 0. The van der Waals surface area contributed by atoms with Gasteiger partial charge in [-0.05, 0) is 18.4 Å². The summed E-state index contributed by atoms with van der Waals surface area (Å²) >= 11 is 0. The molecule has 180 valence electrons. The minimum atomic E-state index is -0.909. The molecule has 0 atom stereocenters. The Morgan fingerprint density at radius 2 is 1.74 bits per heavy atom. The molecular formula is C23H28N6O5. The standard InChI is InChI=1S/C23H28N6O5/c1-26(16(30)14-29-20(32)23(27(2)22(29)34)11-7-4-8-12-23)17-18(24)28(21(33)25-19(17)31)13-15-9-5-3-6-10-15/h3,5-6,9-10H,4,7-8,11-14,24H2,1-2H3,(H,25,31,33). The van der Waals surface area contributed by atoms with E-state index in [9.17, 15) is 24.0 Å². The monoisotopic (exact) mass is 468 g/mol. The molecule has 4 rings (SSSR count). The van der Waals surface area contributed by atoms with Crippen LogP contribution in [0, 0.1) is 0 Å². The van der Waals surface area contributed by atoms with E-state index < -0.39 is 41.2 Å². The van der Waals surface area contributed by atoms with Crippen molar-refractivity contribution >= 4 is 29.4 Å². The summed E-state index contributed by atoms with van der Waals surface area (Å²) in [5.74, 6) is -1.25. The average molecular weight is 469 g/mol. The van der Waals surface area contributed by atoms with Crippen LogP contribution in [0.1, 0.15) is 37.7 Å². The summed E-state index contributed by atoms with van der Waals surface area (Å²) in [6.07, 6.45) is 3.79. The molecule has 1 aromatic heterocycles. The minimum absolute atomic E-state index is 0.0910. The molecule has 2 fully saturated rings. The van der Waals surface area contributed by atoms with Crippen LogP contribution >= 0.6 is 0 Å². The van der Waals surface area contributed by atoms with E-state index in [0.717, 1.165) is 39.2 Å². The number of carbonyl (C=O) groups is 3. The number of rotatable bonds is 5. The van der Waals surface area contributed by atoms with Crippen LogP contribution in [0.25, 0.3) is 0 Å². The van der Waals surface area contributed by atoms with Crippen molar-refractivity contribution in [2.45, 2.75) is 44.2 Å². The van der Waals surface area contributed by atoms with E-state index in [0.29, 0.717) is 12.8 Å². The maximum Gasteiger partial charge on any atom is 0.330 e. The van der Waals surface area contributed by atoms with E-state index in [1.165, 1.54) is 11.9 Å².